The first-order valence-electron chi connectivity index (χ1n) is 7.21. The maximum absolute atomic E-state index is 12.5. The molecule has 1 heterocycles. The van der Waals surface area contributed by atoms with Gasteiger partial charge in [-0.3, -0.25) is 9.59 Å². The summed E-state index contributed by atoms with van der Waals surface area (Å²) in [6.45, 7) is 6.16. The second kappa shape index (κ2) is 5.29. The molecule has 0 aromatic heterocycles. The first kappa shape index (κ1) is 13.4. The first-order chi connectivity index (χ1) is 8.58. The maximum atomic E-state index is 12.5. The van der Waals surface area contributed by atoms with Crippen LogP contribution in [0.4, 0.5) is 0 Å². The number of piperazine rings is 1. The average Bonchev–Trinajstić information content (AvgIpc) is 2.77. The van der Waals surface area contributed by atoms with Gasteiger partial charge in [0, 0.05) is 6.04 Å². The molecule has 0 bridgehead atoms. The highest BCUT2D eigenvalue weighted by molar-refractivity contribution is 5.97. The molecule has 4 unspecified atom stereocenters. The van der Waals surface area contributed by atoms with Crippen LogP contribution in [0.15, 0.2) is 0 Å². The highest BCUT2D eigenvalue weighted by Gasteiger charge is 2.43. The van der Waals surface area contributed by atoms with E-state index in [0.717, 1.165) is 12.8 Å². The van der Waals surface area contributed by atoms with Gasteiger partial charge in [0.2, 0.25) is 11.8 Å². The molecule has 1 aliphatic heterocycles. The average molecular weight is 252 g/mol. The van der Waals surface area contributed by atoms with Crippen LogP contribution >= 0.6 is 0 Å². The Bertz CT molecular complexity index is 343. The number of carbonyl (C=O) groups is 2. The molecule has 1 saturated carbocycles. The Morgan fingerprint density at radius 2 is 1.94 bits per heavy atom. The zero-order valence-electron chi connectivity index (χ0n) is 11.6. The number of amides is 2. The molecule has 4 atom stereocenters. The third-order valence-electron chi connectivity index (χ3n) is 4.36. The maximum Gasteiger partial charge on any atom is 0.246 e. The number of rotatable bonds is 3. The monoisotopic (exact) mass is 252 g/mol. The van der Waals surface area contributed by atoms with Gasteiger partial charge < -0.3 is 10.2 Å². The van der Waals surface area contributed by atoms with Gasteiger partial charge in [0.05, 0.1) is 0 Å². The predicted octanol–water partition coefficient (Wildman–Crippen LogP) is 1.69. The zero-order valence-corrected chi connectivity index (χ0v) is 11.6. The quantitative estimate of drug-likeness (QED) is 0.831. The van der Waals surface area contributed by atoms with Crippen LogP contribution in [0.1, 0.15) is 52.9 Å². The molecule has 4 nitrogen and oxygen atoms in total. The molecular formula is C14H24N2O2. The van der Waals surface area contributed by atoms with Crippen molar-refractivity contribution in [2.24, 2.45) is 5.92 Å². The Morgan fingerprint density at radius 1 is 1.22 bits per heavy atom. The van der Waals surface area contributed by atoms with E-state index in [0.29, 0.717) is 18.8 Å². The summed E-state index contributed by atoms with van der Waals surface area (Å²) in [4.78, 5) is 26.5. The van der Waals surface area contributed by atoms with E-state index in [-0.39, 0.29) is 29.9 Å². The van der Waals surface area contributed by atoms with E-state index < -0.39 is 0 Å². The van der Waals surface area contributed by atoms with Crippen LogP contribution in [0.2, 0.25) is 0 Å². The van der Waals surface area contributed by atoms with E-state index in [4.69, 9.17) is 0 Å². The molecule has 0 radical (unpaired) electrons. The fourth-order valence-corrected chi connectivity index (χ4v) is 3.31. The van der Waals surface area contributed by atoms with Gasteiger partial charge in [-0.25, -0.2) is 0 Å². The normalized spacial score (nSPS) is 36.9. The van der Waals surface area contributed by atoms with Crippen LogP contribution in [-0.2, 0) is 9.59 Å². The Kier molecular flexibility index (Phi) is 3.93. The van der Waals surface area contributed by atoms with Crippen molar-refractivity contribution < 1.29 is 9.59 Å². The van der Waals surface area contributed by atoms with Crippen LogP contribution in [0.3, 0.4) is 0 Å². The molecule has 1 aliphatic carbocycles. The largest absolute Gasteiger partial charge is 0.343 e. The van der Waals surface area contributed by atoms with Gasteiger partial charge >= 0.3 is 0 Å². The van der Waals surface area contributed by atoms with E-state index in [1.165, 1.54) is 6.42 Å². The molecule has 1 saturated heterocycles. The second-order valence-electron chi connectivity index (χ2n) is 5.71. The molecule has 0 aromatic carbocycles. The van der Waals surface area contributed by atoms with Crippen molar-refractivity contribution in [1.29, 1.82) is 0 Å². The van der Waals surface area contributed by atoms with E-state index in [1.807, 2.05) is 18.7 Å². The summed E-state index contributed by atoms with van der Waals surface area (Å²) >= 11 is 0. The fourth-order valence-electron chi connectivity index (χ4n) is 3.31. The van der Waals surface area contributed by atoms with Crippen LogP contribution in [0.5, 0.6) is 0 Å². The molecule has 2 fully saturated rings. The minimum atomic E-state index is -0.309. The van der Waals surface area contributed by atoms with Crippen molar-refractivity contribution in [2.75, 3.05) is 0 Å². The molecule has 4 heteroatoms. The highest BCUT2D eigenvalue weighted by atomic mass is 16.2. The molecule has 1 N–H and O–H groups in total. The van der Waals surface area contributed by atoms with Gasteiger partial charge in [0.25, 0.3) is 0 Å². The summed E-state index contributed by atoms with van der Waals surface area (Å²) in [5.74, 6) is 0.830. The summed E-state index contributed by atoms with van der Waals surface area (Å²) in [5, 5.41) is 2.85. The Labute approximate surface area is 109 Å². The topological polar surface area (TPSA) is 49.4 Å². The summed E-state index contributed by atoms with van der Waals surface area (Å²) in [6.07, 6.45) is 4.65. The van der Waals surface area contributed by atoms with Gasteiger partial charge in [-0.05, 0) is 38.0 Å². The number of nitrogens with zero attached hydrogens (tertiary/aromatic N) is 1. The highest BCUT2D eigenvalue weighted by Crippen LogP contribution is 2.32. The Hall–Kier alpha value is -1.06. The molecule has 0 aromatic rings. The van der Waals surface area contributed by atoms with Gasteiger partial charge in [0.15, 0.2) is 0 Å². The van der Waals surface area contributed by atoms with Crippen molar-refractivity contribution in [1.82, 2.24) is 10.2 Å². The number of hydrogen-bond donors (Lipinski definition) is 1. The summed E-state index contributed by atoms with van der Waals surface area (Å²) in [7, 11) is 0. The molecular weight excluding hydrogens is 228 g/mol. The van der Waals surface area contributed by atoms with Crippen molar-refractivity contribution in [3.8, 4) is 0 Å². The SMILES string of the molecule is CCC1NC(=O)C(CC)N(C2CCC(C)C2)C1=O. The number of nitrogens with one attached hydrogen (secondary N) is 1. The summed E-state index contributed by atoms with van der Waals surface area (Å²) in [6, 6.07) is -0.288. The minimum absolute atomic E-state index is 0.0310. The molecule has 2 aliphatic rings. The minimum Gasteiger partial charge on any atom is -0.343 e. The van der Waals surface area contributed by atoms with Crippen molar-refractivity contribution >= 4 is 11.8 Å². The van der Waals surface area contributed by atoms with E-state index >= 15 is 0 Å². The second-order valence-corrected chi connectivity index (χ2v) is 5.71. The number of hydrogen-bond acceptors (Lipinski definition) is 2. The fraction of sp³-hybridized carbons (Fsp3) is 0.857. The smallest absolute Gasteiger partial charge is 0.246 e. The standard InChI is InChI=1S/C14H24N2O2/c1-4-11-14(18)16(10-7-6-9(3)8-10)12(5-2)13(17)15-11/h9-12H,4-8H2,1-3H3,(H,15,17). The molecule has 2 amide bonds. The first-order valence-corrected chi connectivity index (χ1v) is 7.21. The lowest BCUT2D eigenvalue weighted by Crippen LogP contribution is -2.65. The van der Waals surface area contributed by atoms with Crippen molar-refractivity contribution in [3.63, 3.8) is 0 Å². The lowest BCUT2D eigenvalue weighted by Gasteiger charge is -2.42. The Morgan fingerprint density at radius 3 is 2.44 bits per heavy atom. The van der Waals surface area contributed by atoms with Gasteiger partial charge in [-0.1, -0.05) is 20.8 Å². The van der Waals surface area contributed by atoms with Gasteiger partial charge in [0.1, 0.15) is 12.1 Å². The van der Waals surface area contributed by atoms with E-state index in [9.17, 15) is 9.59 Å². The lowest BCUT2D eigenvalue weighted by atomic mass is 9.99. The molecule has 102 valence electrons. The lowest BCUT2D eigenvalue weighted by molar-refractivity contribution is -0.152. The third kappa shape index (κ3) is 2.25. The van der Waals surface area contributed by atoms with Crippen LogP contribution in [0, 0.1) is 5.92 Å². The molecule has 2 rings (SSSR count). The Balaban J connectivity index is 2.21. The number of carbonyl (C=O) groups excluding carboxylic acids is 2. The van der Waals surface area contributed by atoms with Crippen LogP contribution in [-0.4, -0.2) is 34.8 Å². The predicted molar refractivity (Wildman–Crippen MR) is 69.9 cm³/mol. The van der Waals surface area contributed by atoms with Gasteiger partial charge in [-0.15, -0.1) is 0 Å². The van der Waals surface area contributed by atoms with Gasteiger partial charge in [-0.2, -0.15) is 0 Å². The van der Waals surface area contributed by atoms with E-state index in [1.54, 1.807) is 0 Å². The summed E-state index contributed by atoms with van der Waals surface area (Å²) < 4.78 is 0. The molecule has 18 heavy (non-hydrogen) atoms. The zero-order chi connectivity index (χ0) is 13.3. The van der Waals surface area contributed by atoms with Crippen molar-refractivity contribution in [2.45, 2.75) is 71.0 Å². The van der Waals surface area contributed by atoms with Crippen LogP contribution in [0.25, 0.3) is 0 Å². The molecule has 0 spiro atoms. The third-order valence-corrected chi connectivity index (χ3v) is 4.36. The summed E-state index contributed by atoms with van der Waals surface area (Å²) in [5.41, 5.74) is 0. The van der Waals surface area contributed by atoms with Crippen molar-refractivity contribution in [3.05, 3.63) is 0 Å². The van der Waals surface area contributed by atoms with E-state index in [2.05, 4.69) is 12.2 Å². The van der Waals surface area contributed by atoms with Crippen LogP contribution < -0.4 is 5.32 Å².